The van der Waals surface area contributed by atoms with Crippen LogP contribution in [0.1, 0.15) is 12.1 Å². The van der Waals surface area contributed by atoms with E-state index in [1.54, 1.807) is 4.90 Å². The number of anilines is 1. The summed E-state index contributed by atoms with van der Waals surface area (Å²) in [6, 6.07) is 3.57. The van der Waals surface area contributed by atoms with Gasteiger partial charge in [0, 0.05) is 13.6 Å². The second kappa shape index (κ2) is 3.84. The highest BCUT2D eigenvalue weighted by atomic mass is 16.2. The van der Waals surface area contributed by atoms with Crippen LogP contribution in [-0.2, 0) is 4.79 Å². The summed E-state index contributed by atoms with van der Waals surface area (Å²) in [4.78, 5) is 13.3. The van der Waals surface area contributed by atoms with Gasteiger partial charge in [-0.2, -0.15) is 5.10 Å². The Balaban J connectivity index is 2.03. The van der Waals surface area contributed by atoms with E-state index in [0.29, 0.717) is 5.82 Å². The number of hydrogen-bond donors (Lipinski definition) is 1. The summed E-state index contributed by atoms with van der Waals surface area (Å²) in [5.41, 5.74) is 0.871. The average molecular weight is 206 g/mol. The molecule has 1 aliphatic rings. The van der Waals surface area contributed by atoms with E-state index in [4.69, 9.17) is 0 Å². The number of rotatable bonds is 2. The molecule has 1 saturated heterocycles. The molecule has 0 radical (unpaired) electrons. The number of aryl methyl sites for hydroxylation is 1. The minimum atomic E-state index is -0.146. The van der Waals surface area contributed by atoms with E-state index in [9.17, 15) is 4.79 Å². The number of likely N-dealkylation sites (tertiary alicyclic amines) is 1. The third-order valence-electron chi connectivity index (χ3n) is 2.55. The molecule has 5 nitrogen and oxygen atoms in total. The second-order valence-corrected chi connectivity index (χ2v) is 3.81. The van der Waals surface area contributed by atoms with Gasteiger partial charge in [0.25, 0.3) is 0 Å². The Morgan fingerprint density at radius 2 is 2.27 bits per heavy atom. The lowest BCUT2D eigenvalue weighted by Crippen LogP contribution is -2.31. The standard InChI is InChI=1S/C10H14N4O/c1-7-3-4-9(13-12-7)11-8-5-6-14(2)10(8)15/h3-4,8H,5-6H2,1-2H3,(H,11,13). The summed E-state index contributed by atoms with van der Waals surface area (Å²) in [6.07, 6.45) is 0.824. The van der Waals surface area contributed by atoms with Crippen molar-refractivity contribution in [3.63, 3.8) is 0 Å². The lowest BCUT2D eigenvalue weighted by atomic mass is 10.2. The van der Waals surface area contributed by atoms with E-state index >= 15 is 0 Å². The molecule has 2 heterocycles. The molecule has 1 atom stereocenters. The summed E-state index contributed by atoms with van der Waals surface area (Å²) < 4.78 is 0. The van der Waals surface area contributed by atoms with E-state index in [0.717, 1.165) is 18.7 Å². The maximum atomic E-state index is 11.6. The Kier molecular flexibility index (Phi) is 2.53. The fourth-order valence-corrected chi connectivity index (χ4v) is 1.61. The Hall–Kier alpha value is -1.65. The highest BCUT2D eigenvalue weighted by molar-refractivity contribution is 5.86. The van der Waals surface area contributed by atoms with E-state index < -0.39 is 0 Å². The van der Waals surface area contributed by atoms with E-state index in [1.165, 1.54) is 0 Å². The monoisotopic (exact) mass is 206 g/mol. The maximum absolute atomic E-state index is 11.6. The largest absolute Gasteiger partial charge is 0.357 e. The Bertz CT molecular complexity index is 362. The van der Waals surface area contributed by atoms with E-state index in [1.807, 2.05) is 26.1 Å². The molecule has 2 rings (SSSR count). The van der Waals surface area contributed by atoms with Gasteiger partial charge >= 0.3 is 0 Å². The molecule has 1 aromatic heterocycles. The number of nitrogens with zero attached hydrogens (tertiary/aromatic N) is 3. The van der Waals surface area contributed by atoms with Crippen LogP contribution in [0, 0.1) is 6.92 Å². The fraction of sp³-hybridized carbons (Fsp3) is 0.500. The molecular weight excluding hydrogens is 192 g/mol. The lowest BCUT2D eigenvalue weighted by Gasteiger charge is -2.12. The van der Waals surface area contributed by atoms with Crippen molar-refractivity contribution in [2.75, 3.05) is 18.9 Å². The number of carbonyl (C=O) groups is 1. The van der Waals surface area contributed by atoms with Gasteiger partial charge in [0.15, 0.2) is 0 Å². The molecule has 1 fully saturated rings. The van der Waals surface area contributed by atoms with Crippen LogP contribution in [-0.4, -0.2) is 40.6 Å². The van der Waals surface area contributed by atoms with Crippen LogP contribution in [0.5, 0.6) is 0 Å². The molecule has 0 saturated carbocycles. The number of carbonyl (C=O) groups excluding carboxylic acids is 1. The number of nitrogens with one attached hydrogen (secondary N) is 1. The summed E-state index contributed by atoms with van der Waals surface area (Å²) in [5.74, 6) is 0.784. The van der Waals surface area contributed by atoms with Crippen LogP contribution < -0.4 is 5.32 Å². The molecule has 0 bridgehead atoms. The van der Waals surface area contributed by atoms with Gasteiger partial charge < -0.3 is 10.2 Å². The Morgan fingerprint density at radius 1 is 1.47 bits per heavy atom. The molecule has 0 aromatic carbocycles. The normalized spacial score (nSPS) is 20.8. The molecule has 15 heavy (non-hydrogen) atoms. The zero-order valence-corrected chi connectivity index (χ0v) is 8.90. The third kappa shape index (κ3) is 2.06. The van der Waals surface area contributed by atoms with Gasteiger partial charge in [0.2, 0.25) is 5.91 Å². The Labute approximate surface area is 88.5 Å². The van der Waals surface area contributed by atoms with Crippen LogP contribution >= 0.6 is 0 Å². The van der Waals surface area contributed by atoms with Gasteiger partial charge in [-0.3, -0.25) is 4.79 Å². The van der Waals surface area contributed by atoms with Crippen molar-refractivity contribution >= 4 is 11.7 Å². The molecule has 0 aliphatic carbocycles. The highest BCUT2D eigenvalue weighted by Gasteiger charge is 2.28. The highest BCUT2D eigenvalue weighted by Crippen LogP contribution is 2.13. The third-order valence-corrected chi connectivity index (χ3v) is 2.55. The Morgan fingerprint density at radius 3 is 2.80 bits per heavy atom. The van der Waals surface area contributed by atoms with Crippen LogP contribution in [0.2, 0.25) is 0 Å². The first kappa shape index (κ1) is 9.89. The van der Waals surface area contributed by atoms with Crippen LogP contribution in [0.3, 0.4) is 0 Å². The molecule has 5 heteroatoms. The van der Waals surface area contributed by atoms with E-state index in [-0.39, 0.29) is 11.9 Å². The minimum absolute atomic E-state index is 0.123. The summed E-state index contributed by atoms with van der Waals surface area (Å²) >= 11 is 0. The van der Waals surface area contributed by atoms with Crippen molar-refractivity contribution in [1.82, 2.24) is 15.1 Å². The molecule has 1 aromatic rings. The first-order valence-electron chi connectivity index (χ1n) is 4.98. The van der Waals surface area contributed by atoms with Crippen molar-refractivity contribution in [2.24, 2.45) is 0 Å². The van der Waals surface area contributed by atoms with Crippen molar-refractivity contribution in [3.05, 3.63) is 17.8 Å². The number of aromatic nitrogens is 2. The summed E-state index contributed by atoms with van der Waals surface area (Å²) in [5, 5.41) is 11.0. The first-order chi connectivity index (χ1) is 7.16. The second-order valence-electron chi connectivity index (χ2n) is 3.81. The molecule has 1 aliphatic heterocycles. The van der Waals surface area contributed by atoms with Crippen molar-refractivity contribution in [1.29, 1.82) is 0 Å². The van der Waals surface area contributed by atoms with Crippen LogP contribution in [0.25, 0.3) is 0 Å². The fourth-order valence-electron chi connectivity index (χ4n) is 1.61. The van der Waals surface area contributed by atoms with Gasteiger partial charge in [0.1, 0.15) is 11.9 Å². The maximum Gasteiger partial charge on any atom is 0.244 e. The minimum Gasteiger partial charge on any atom is -0.357 e. The summed E-state index contributed by atoms with van der Waals surface area (Å²) in [7, 11) is 1.81. The molecular formula is C10H14N4O. The van der Waals surface area contributed by atoms with Crippen LogP contribution in [0.4, 0.5) is 5.82 Å². The van der Waals surface area contributed by atoms with Crippen molar-refractivity contribution in [2.45, 2.75) is 19.4 Å². The average Bonchev–Trinajstić information content (AvgIpc) is 2.53. The van der Waals surface area contributed by atoms with Crippen molar-refractivity contribution < 1.29 is 4.79 Å². The molecule has 1 N–H and O–H groups in total. The number of likely N-dealkylation sites (N-methyl/N-ethyl adjacent to an activating group) is 1. The first-order valence-corrected chi connectivity index (χ1v) is 4.98. The predicted octanol–water partition coefficient (Wildman–Crippen LogP) is 0.428. The molecule has 80 valence electrons. The van der Waals surface area contributed by atoms with E-state index in [2.05, 4.69) is 15.5 Å². The summed E-state index contributed by atoms with van der Waals surface area (Å²) in [6.45, 7) is 2.68. The zero-order valence-electron chi connectivity index (χ0n) is 8.90. The lowest BCUT2D eigenvalue weighted by molar-refractivity contribution is -0.127. The smallest absolute Gasteiger partial charge is 0.244 e. The molecule has 1 amide bonds. The molecule has 0 spiro atoms. The zero-order chi connectivity index (χ0) is 10.8. The predicted molar refractivity (Wildman–Crippen MR) is 56.4 cm³/mol. The van der Waals surface area contributed by atoms with Gasteiger partial charge in [-0.15, -0.1) is 5.10 Å². The van der Waals surface area contributed by atoms with Gasteiger partial charge in [-0.05, 0) is 25.5 Å². The van der Waals surface area contributed by atoms with Crippen molar-refractivity contribution in [3.8, 4) is 0 Å². The van der Waals surface area contributed by atoms with Gasteiger partial charge in [0.05, 0.1) is 5.69 Å². The number of hydrogen-bond acceptors (Lipinski definition) is 4. The SMILES string of the molecule is Cc1ccc(NC2CCN(C)C2=O)nn1. The topological polar surface area (TPSA) is 58.1 Å². The number of amides is 1. The quantitative estimate of drug-likeness (QED) is 0.762. The molecule has 1 unspecified atom stereocenters. The van der Waals surface area contributed by atoms with Crippen LogP contribution in [0.15, 0.2) is 12.1 Å². The van der Waals surface area contributed by atoms with Gasteiger partial charge in [-0.25, -0.2) is 0 Å². The van der Waals surface area contributed by atoms with Gasteiger partial charge in [-0.1, -0.05) is 0 Å².